The van der Waals surface area contributed by atoms with Crippen molar-refractivity contribution in [1.82, 2.24) is 14.8 Å². The molecule has 0 bridgehead atoms. The van der Waals surface area contributed by atoms with Gasteiger partial charge < -0.3 is 19.1 Å². The first-order valence-electron chi connectivity index (χ1n) is 12.1. The molecule has 0 radical (unpaired) electrons. The van der Waals surface area contributed by atoms with Gasteiger partial charge in [0, 0.05) is 47.4 Å². The van der Waals surface area contributed by atoms with Crippen LogP contribution in [0.15, 0.2) is 36.5 Å². The minimum atomic E-state index is -0.746. The van der Waals surface area contributed by atoms with Crippen molar-refractivity contribution in [3.8, 4) is 11.4 Å². The number of aromatic nitrogens is 3. The average Bonchev–Trinajstić information content (AvgIpc) is 3.43. The number of fused-ring (bicyclic) bond motifs is 2. The molecule has 1 saturated carbocycles. The van der Waals surface area contributed by atoms with Crippen LogP contribution in [0.2, 0.25) is 0 Å². The molecule has 7 nitrogen and oxygen atoms in total. The van der Waals surface area contributed by atoms with E-state index in [0.29, 0.717) is 26.1 Å². The molecule has 182 valence electrons. The SMILES string of the molecule is COc1cc(-n2c(C3CCOCC3)c(C3CC(C)(C(=O)O)C3)c3cc4[nH]ncc4cc32)ccc1F. The van der Waals surface area contributed by atoms with E-state index in [0.717, 1.165) is 40.3 Å². The van der Waals surface area contributed by atoms with Crippen molar-refractivity contribution in [2.45, 2.75) is 44.4 Å². The van der Waals surface area contributed by atoms with E-state index in [9.17, 15) is 14.3 Å². The van der Waals surface area contributed by atoms with E-state index in [-0.39, 0.29) is 17.6 Å². The summed E-state index contributed by atoms with van der Waals surface area (Å²) < 4.78 is 27.6. The number of carboxylic acid groups (broad SMARTS) is 1. The summed E-state index contributed by atoms with van der Waals surface area (Å²) in [6.07, 6.45) is 4.74. The first-order chi connectivity index (χ1) is 16.9. The Kier molecular flexibility index (Phi) is 5.11. The van der Waals surface area contributed by atoms with Gasteiger partial charge in [-0.15, -0.1) is 0 Å². The highest BCUT2D eigenvalue weighted by atomic mass is 19.1. The zero-order valence-electron chi connectivity index (χ0n) is 19.8. The van der Waals surface area contributed by atoms with Crippen LogP contribution in [0.5, 0.6) is 5.75 Å². The van der Waals surface area contributed by atoms with Crippen LogP contribution in [0.25, 0.3) is 27.5 Å². The quantitative estimate of drug-likeness (QED) is 0.395. The lowest BCUT2D eigenvalue weighted by molar-refractivity contribution is -0.154. The number of hydrogen-bond acceptors (Lipinski definition) is 4. The van der Waals surface area contributed by atoms with Crippen LogP contribution in [-0.2, 0) is 9.53 Å². The second-order valence-corrected chi connectivity index (χ2v) is 10.1. The Morgan fingerprint density at radius 2 is 2.00 bits per heavy atom. The number of aromatic amines is 1. The van der Waals surface area contributed by atoms with Crippen LogP contribution in [0.1, 0.15) is 55.7 Å². The highest BCUT2D eigenvalue weighted by Crippen LogP contribution is 2.55. The van der Waals surface area contributed by atoms with Crippen molar-refractivity contribution < 1.29 is 23.8 Å². The molecule has 3 heterocycles. The predicted molar refractivity (Wildman–Crippen MR) is 130 cm³/mol. The van der Waals surface area contributed by atoms with Gasteiger partial charge in [0.15, 0.2) is 11.6 Å². The molecule has 2 aliphatic rings. The number of ether oxygens (including phenoxy) is 2. The zero-order chi connectivity index (χ0) is 24.3. The average molecular weight is 478 g/mol. The molecule has 35 heavy (non-hydrogen) atoms. The third-order valence-electron chi connectivity index (χ3n) is 7.92. The highest BCUT2D eigenvalue weighted by Gasteiger charge is 2.49. The fraction of sp³-hybridized carbons (Fsp3) is 0.407. The molecular weight excluding hydrogens is 449 g/mol. The molecule has 1 aliphatic carbocycles. The van der Waals surface area contributed by atoms with E-state index in [1.165, 1.54) is 24.4 Å². The topological polar surface area (TPSA) is 89.4 Å². The van der Waals surface area contributed by atoms with Crippen molar-refractivity contribution in [1.29, 1.82) is 0 Å². The Morgan fingerprint density at radius 3 is 2.71 bits per heavy atom. The summed E-state index contributed by atoms with van der Waals surface area (Å²) >= 11 is 0. The predicted octanol–water partition coefficient (Wildman–Crippen LogP) is 5.52. The number of halogens is 1. The molecule has 2 fully saturated rings. The van der Waals surface area contributed by atoms with Crippen LogP contribution in [-0.4, -0.2) is 46.2 Å². The van der Waals surface area contributed by atoms with Crippen molar-refractivity contribution in [2.24, 2.45) is 5.41 Å². The van der Waals surface area contributed by atoms with Crippen LogP contribution in [0.3, 0.4) is 0 Å². The van der Waals surface area contributed by atoms with Gasteiger partial charge in [0.25, 0.3) is 0 Å². The lowest BCUT2D eigenvalue weighted by Crippen LogP contribution is -2.40. The number of carbonyl (C=O) groups is 1. The Morgan fingerprint density at radius 1 is 1.23 bits per heavy atom. The maximum Gasteiger partial charge on any atom is 0.309 e. The molecule has 1 aliphatic heterocycles. The number of H-pyrrole nitrogens is 1. The molecule has 0 atom stereocenters. The molecule has 6 rings (SSSR count). The van der Waals surface area contributed by atoms with Gasteiger partial charge in [-0.05, 0) is 68.4 Å². The monoisotopic (exact) mass is 477 g/mol. The normalized spacial score (nSPS) is 23.0. The molecular formula is C27H28FN3O4. The second-order valence-electron chi connectivity index (χ2n) is 10.1. The van der Waals surface area contributed by atoms with Gasteiger partial charge >= 0.3 is 5.97 Å². The summed E-state index contributed by atoms with van der Waals surface area (Å²) in [6, 6.07) is 9.21. The minimum Gasteiger partial charge on any atom is -0.494 e. The largest absolute Gasteiger partial charge is 0.494 e. The molecule has 0 amide bonds. The van der Waals surface area contributed by atoms with Gasteiger partial charge in [-0.25, -0.2) is 4.39 Å². The first kappa shape index (κ1) is 22.1. The van der Waals surface area contributed by atoms with Crippen molar-refractivity contribution in [3.63, 3.8) is 0 Å². The van der Waals surface area contributed by atoms with Gasteiger partial charge in [-0.2, -0.15) is 5.10 Å². The lowest BCUT2D eigenvalue weighted by Gasteiger charge is -2.43. The summed E-state index contributed by atoms with van der Waals surface area (Å²) in [7, 11) is 1.47. The smallest absolute Gasteiger partial charge is 0.309 e. The van der Waals surface area contributed by atoms with Crippen molar-refractivity contribution in [3.05, 3.63) is 53.6 Å². The fourth-order valence-electron chi connectivity index (χ4n) is 6.04. The third kappa shape index (κ3) is 3.42. The Labute approximate surface area is 201 Å². The molecule has 8 heteroatoms. The molecule has 0 unspecified atom stereocenters. The maximum absolute atomic E-state index is 14.4. The van der Waals surface area contributed by atoms with Gasteiger partial charge in [0.1, 0.15) is 0 Å². The van der Waals surface area contributed by atoms with Crippen LogP contribution >= 0.6 is 0 Å². The van der Waals surface area contributed by atoms with Gasteiger partial charge in [0.05, 0.1) is 29.8 Å². The van der Waals surface area contributed by atoms with Crippen LogP contribution < -0.4 is 4.74 Å². The van der Waals surface area contributed by atoms with E-state index in [2.05, 4.69) is 26.9 Å². The number of aliphatic carboxylic acids is 1. The Hall–Kier alpha value is -3.39. The molecule has 2 aromatic carbocycles. The van der Waals surface area contributed by atoms with E-state index >= 15 is 0 Å². The molecule has 1 saturated heterocycles. The highest BCUT2D eigenvalue weighted by molar-refractivity contribution is 5.99. The zero-order valence-corrected chi connectivity index (χ0v) is 19.8. The number of methoxy groups -OCH3 is 1. The number of nitrogens with one attached hydrogen (secondary N) is 1. The number of carboxylic acids is 1. The van der Waals surface area contributed by atoms with E-state index in [1.807, 2.05) is 6.92 Å². The Bertz CT molecular complexity index is 1440. The Balaban J connectivity index is 1.65. The first-order valence-corrected chi connectivity index (χ1v) is 12.1. The van der Waals surface area contributed by atoms with E-state index in [1.54, 1.807) is 18.3 Å². The number of hydrogen-bond donors (Lipinski definition) is 2. The number of benzene rings is 2. The summed E-state index contributed by atoms with van der Waals surface area (Å²) in [5, 5.41) is 19.2. The molecule has 2 aromatic heterocycles. The van der Waals surface area contributed by atoms with Crippen LogP contribution in [0.4, 0.5) is 4.39 Å². The van der Waals surface area contributed by atoms with E-state index < -0.39 is 17.2 Å². The number of rotatable bonds is 5. The van der Waals surface area contributed by atoms with Crippen molar-refractivity contribution >= 4 is 27.8 Å². The summed E-state index contributed by atoms with van der Waals surface area (Å²) in [4.78, 5) is 11.9. The minimum absolute atomic E-state index is 0.125. The summed E-state index contributed by atoms with van der Waals surface area (Å²) in [5.74, 6) is -0.593. The van der Waals surface area contributed by atoms with Crippen molar-refractivity contribution in [2.75, 3.05) is 20.3 Å². The summed E-state index contributed by atoms with van der Waals surface area (Å²) in [5.41, 5.74) is 4.42. The van der Waals surface area contributed by atoms with Gasteiger partial charge in [0.2, 0.25) is 0 Å². The van der Waals surface area contributed by atoms with Gasteiger partial charge in [-0.1, -0.05) is 0 Å². The van der Waals surface area contributed by atoms with E-state index in [4.69, 9.17) is 9.47 Å². The maximum atomic E-state index is 14.4. The lowest BCUT2D eigenvalue weighted by atomic mass is 9.60. The molecule has 0 spiro atoms. The molecule has 2 N–H and O–H groups in total. The fourth-order valence-corrected chi connectivity index (χ4v) is 6.04. The third-order valence-corrected chi connectivity index (χ3v) is 7.92. The summed E-state index contributed by atoms with van der Waals surface area (Å²) in [6.45, 7) is 3.19. The van der Waals surface area contributed by atoms with Gasteiger partial charge in [-0.3, -0.25) is 9.89 Å². The standard InChI is InChI=1S/C27H28FN3O4/c1-27(26(32)33)12-17(13-27)24-19-11-21-16(14-29-30-21)9-22(19)31(25(24)15-5-7-35-8-6-15)18-3-4-20(28)23(10-18)34-2/h3-4,9-11,14-15,17H,5-8,12-13H2,1-2H3,(H,29,30)(H,32,33). The second kappa shape index (κ2) is 8.09. The molecule has 4 aromatic rings. The number of nitrogens with zero attached hydrogens (tertiary/aromatic N) is 2. The van der Waals surface area contributed by atoms with Crippen LogP contribution in [0, 0.1) is 11.2 Å².